The average molecular weight is 779 g/mol. The van der Waals surface area contributed by atoms with Crippen LogP contribution in [-0.4, -0.2) is 42.8 Å². The number of nitrogens with zero attached hydrogens (tertiary/aromatic N) is 3. The first-order valence-electron chi connectivity index (χ1n) is 19.3. The Morgan fingerprint density at radius 1 is 0.789 bits per heavy atom. The van der Waals surface area contributed by atoms with E-state index < -0.39 is 24.7 Å². The van der Waals surface area contributed by atoms with Gasteiger partial charge >= 0.3 is 12.3 Å². The number of benzene rings is 4. The molecule has 2 aliphatic rings. The second-order valence-electron chi connectivity index (χ2n) is 14.4. The smallest absolute Gasteiger partial charge is 0.407 e. The summed E-state index contributed by atoms with van der Waals surface area (Å²) in [5, 5.41) is 2.32. The summed E-state index contributed by atoms with van der Waals surface area (Å²) in [6, 6.07) is 37.1. The molecule has 1 unspecified atom stereocenters. The first-order valence-corrected chi connectivity index (χ1v) is 19.3. The molecule has 0 spiro atoms. The van der Waals surface area contributed by atoms with E-state index in [1.54, 1.807) is 53.4 Å². The van der Waals surface area contributed by atoms with Crippen molar-refractivity contribution in [2.24, 2.45) is 11.8 Å². The van der Waals surface area contributed by atoms with E-state index in [1.807, 2.05) is 77.7 Å². The lowest BCUT2D eigenvalue weighted by atomic mass is 10.0. The fourth-order valence-electron chi connectivity index (χ4n) is 6.84. The third kappa shape index (κ3) is 10.6. The third-order valence-corrected chi connectivity index (χ3v) is 10.3. The van der Waals surface area contributed by atoms with Gasteiger partial charge in [0.2, 0.25) is 11.8 Å². The van der Waals surface area contributed by atoms with E-state index in [2.05, 4.69) is 5.32 Å². The van der Waals surface area contributed by atoms with Gasteiger partial charge in [-0.25, -0.2) is 4.79 Å². The van der Waals surface area contributed by atoms with E-state index in [0.717, 1.165) is 41.5 Å². The molecule has 2 amide bonds. The number of pyridine rings is 1. The lowest BCUT2D eigenvalue weighted by molar-refractivity contribution is -0.174. The number of carbonyl (C=O) groups excluding carboxylic acids is 2. The Hall–Kier alpha value is -6.04. The second kappa shape index (κ2) is 18.3. The number of hydrogen-bond acceptors (Lipinski definition) is 7. The van der Waals surface area contributed by atoms with Crippen LogP contribution >= 0.6 is 0 Å². The lowest BCUT2D eigenvalue weighted by Gasteiger charge is -2.30. The number of fused-ring (bicyclic) bond motifs is 1. The monoisotopic (exact) mass is 778 g/mol. The van der Waals surface area contributed by atoms with Crippen LogP contribution < -0.4 is 24.6 Å². The first-order chi connectivity index (χ1) is 27.7. The van der Waals surface area contributed by atoms with Crippen molar-refractivity contribution >= 4 is 23.4 Å². The van der Waals surface area contributed by atoms with E-state index >= 15 is 0 Å². The molecule has 7 rings (SSSR count). The highest BCUT2D eigenvalue weighted by Crippen LogP contribution is 2.40. The summed E-state index contributed by atoms with van der Waals surface area (Å²) in [7, 11) is 0. The molecule has 1 atom stereocenters. The first kappa shape index (κ1) is 39.2. The molecule has 5 aromatic rings. The maximum absolute atomic E-state index is 14.4. The van der Waals surface area contributed by atoms with Crippen LogP contribution in [0.15, 0.2) is 121 Å². The molecule has 9 nitrogen and oxygen atoms in total. The van der Waals surface area contributed by atoms with E-state index in [9.17, 15) is 22.8 Å². The molecule has 1 fully saturated rings. The topological polar surface area (TPSA) is 93.2 Å². The molecule has 1 aliphatic carbocycles. The highest BCUT2D eigenvalue weighted by molar-refractivity contribution is 6.11. The van der Waals surface area contributed by atoms with Gasteiger partial charge in [0.1, 0.15) is 25.5 Å². The fraction of sp³-hybridized carbons (Fsp3) is 0.311. The summed E-state index contributed by atoms with van der Waals surface area (Å²) in [5.41, 5.74) is 4.98. The molecule has 2 heterocycles. The van der Waals surface area contributed by atoms with Gasteiger partial charge in [-0.1, -0.05) is 110 Å². The van der Waals surface area contributed by atoms with E-state index in [1.165, 1.54) is 0 Å². The predicted octanol–water partition coefficient (Wildman–Crippen LogP) is 9.50. The highest BCUT2D eigenvalue weighted by atomic mass is 19.4. The molecule has 1 N–H and O–H groups in total. The summed E-state index contributed by atoms with van der Waals surface area (Å²) in [4.78, 5) is 34.8. The summed E-state index contributed by atoms with van der Waals surface area (Å²) < 4.78 is 60.6. The molecular formula is C45H45F3N4O5. The maximum atomic E-state index is 14.4. The number of carbonyl (C=O) groups is 2. The SMILES string of the molecule is O=C(NCC(CCN(CCC1CC1)c1cccc2c1CN(c1ccc(OCc3ccccc3)nc1OCc1ccccc1)C2=O)C(F)(F)F)OCc1ccccc1. The Balaban J connectivity index is 1.08. The maximum Gasteiger partial charge on any atom is 0.407 e. The number of aromatic nitrogens is 1. The highest BCUT2D eigenvalue weighted by Gasteiger charge is 2.40. The largest absolute Gasteiger partial charge is 0.473 e. The van der Waals surface area contributed by atoms with Crippen molar-refractivity contribution in [3.63, 3.8) is 0 Å². The van der Waals surface area contributed by atoms with Crippen LogP contribution in [0.3, 0.4) is 0 Å². The van der Waals surface area contributed by atoms with E-state index in [0.29, 0.717) is 41.9 Å². The van der Waals surface area contributed by atoms with Gasteiger partial charge in [0, 0.05) is 42.5 Å². The molecule has 57 heavy (non-hydrogen) atoms. The van der Waals surface area contributed by atoms with Crippen LogP contribution in [0.2, 0.25) is 0 Å². The zero-order valence-electron chi connectivity index (χ0n) is 31.5. The van der Waals surface area contributed by atoms with Crippen LogP contribution in [0.5, 0.6) is 11.8 Å². The quantitative estimate of drug-likeness (QED) is 0.0948. The van der Waals surface area contributed by atoms with Gasteiger partial charge < -0.3 is 24.4 Å². The molecule has 1 aliphatic heterocycles. The molecule has 0 radical (unpaired) electrons. The van der Waals surface area contributed by atoms with Gasteiger partial charge in [-0.2, -0.15) is 18.2 Å². The molecule has 0 bridgehead atoms. The number of nitrogens with one attached hydrogen (secondary N) is 1. The van der Waals surface area contributed by atoms with Crippen LogP contribution in [-0.2, 0) is 31.1 Å². The number of halogens is 3. The van der Waals surface area contributed by atoms with Crippen molar-refractivity contribution in [1.82, 2.24) is 10.3 Å². The van der Waals surface area contributed by atoms with Gasteiger partial charge in [0.25, 0.3) is 5.91 Å². The number of amides is 2. The van der Waals surface area contributed by atoms with Gasteiger partial charge in [-0.05, 0) is 53.6 Å². The lowest BCUT2D eigenvalue weighted by Crippen LogP contribution is -2.39. The van der Waals surface area contributed by atoms with Gasteiger partial charge in [0.05, 0.1) is 12.5 Å². The van der Waals surface area contributed by atoms with Crippen molar-refractivity contribution < 1.29 is 37.0 Å². The number of rotatable bonds is 18. The zero-order valence-corrected chi connectivity index (χ0v) is 31.5. The minimum atomic E-state index is -4.56. The predicted molar refractivity (Wildman–Crippen MR) is 211 cm³/mol. The van der Waals surface area contributed by atoms with Crippen molar-refractivity contribution in [3.8, 4) is 11.8 Å². The number of ether oxygens (including phenoxy) is 3. The minimum absolute atomic E-state index is 0.0456. The summed E-state index contributed by atoms with van der Waals surface area (Å²) >= 11 is 0. The molecule has 1 aromatic heterocycles. The minimum Gasteiger partial charge on any atom is -0.473 e. The molecule has 296 valence electrons. The number of alkyl halides is 3. The normalized spacial score (nSPS) is 14.2. The Labute approximate surface area is 330 Å². The summed E-state index contributed by atoms with van der Waals surface area (Å²) in [6.07, 6.45) is -2.71. The third-order valence-electron chi connectivity index (χ3n) is 10.3. The molecule has 0 saturated heterocycles. The molecular weight excluding hydrogens is 734 g/mol. The number of alkyl carbamates (subject to hydrolysis) is 1. The molecule has 4 aromatic carbocycles. The van der Waals surface area contributed by atoms with E-state index in [4.69, 9.17) is 19.2 Å². The molecule has 1 saturated carbocycles. The summed E-state index contributed by atoms with van der Waals surface area (Å²) in [6.45, 7) is 0.624. The van der Waals surface area contributed by atoms with Crippen LogP contribution in [0.25, 0.3) is 0 Å². The van der Waals surface area contributed by atoms with Crippen LogP contribution in [0, 0.1) is 11.8 Å². The Bertz CT molecular complexity index is 2100. The van der Waals surface area contributed by atoms with Crippen molar-refractivity contribution in [2.45, 2.75) is 58.2 Å². The standard InChI is InChI=1S/C45H45F3N4O5/c46-45(47,48)36(27-49-44(54)57-31-35-15-8-3-9-16-35)24-26-51(25-23-32-19-20-32)39-18-10-17-37-38(39)28-52(43(37)53)40-21-22-41(55-29-33-11-4-1-5-12-33)50-42(40)56-30-34-13-6-2-7-14-34/h1-18,21-22,32,36H,19-20,23-31H2,(H,49,54). The summed E-state index contributed by atoms with van der Waals surface area (Å²) in [5.74, 6) is -0.983. The Morgan fingerprint density at radius 2 is 1.42 bits per heavy atom. The van der Waals surface area contributed by atoms with Crippen molar-refractivity contribution in [3.05, 3.63) is 149 Å². The van der Waals surface area contributed by atoms with Gasteiger partial charge in [-0.15, -0.1) is 0 Å². The Morgan fingerprint density at radius 3 is 2.05 bits per heavy atom. The Kier molecular flexibility index (Phi) is 12.6. The number of anilines is 2. The molecule has 12 heteroatoms. The fourth-order valence-corrected chi connectivity index (χ4v) is 6.84. The second-order valence-corrected chi connectivity index (χ2v) is 14.4. The average Bonchev–Trinajstić information content (AvgIpc) is 4.01. The van der Waals surface area contributed by atoms with Gasteiger partial charge in [0.15, 0.2) is 0 Å². The van der Waals surface area contributed by atoms with E-state index in [-0.39, 0.29) is 44.5 Å². The van der Waals surface area contributed by atoms with Crippen LogP contribution in [0.4, 0.5) is 29.3 Å². The van der Waals surface area contributed by atoms with Crippen molar-refractivity contribution in [2.75, 3.05) is 29.4 Å². The van der Waals surface area contributed by atoms with Crippen molar-refractivity contribution in [1.29, 1.82) is 0 Å². The van der Waals surface area contributed by atoms with Gasteiger partial charge in [-0.3, -0.25) is 9.69 Å². The zero-order chi connectivity index (χ0) is 39.6. The number of hydrogen-bond donors (Lipinski definition) is 1. The van der Waals surface area contributed by atoms with Crippen LogP contribution in [0.1, 0.15) is 58.3 Å².